The number of rotatable bonds is 3. The van der Waals surface area contributed by atoms with Crippen molar-refractivity contribution in [3.05, 3.63) is 32.9 Å². The van der Waals surface area contributed by atoms with E-state index in [1.165, 1.54) is 10.4 Å². The molecule has 2 rings (SSSR count). The van der Waals surface area contributed by atoms with Crippen LogP contribution < -0.4 is 11.1 Å². The summed E-state index contributed by atoms with van der Waals surface area (Å²) in [7, 11) is 0. The van der Waals surface area contributed by atoms with Crippen molar-refractivity contribution < 1.29 is 0 Å². The molecule has 0 aromatic carbocycles. The molecule has 0 aliphatic rings. The molecule has 0 radical (unpaired) electrons. The number of anilines is 2. The fraction of sp³-hybridized carbons (Fsp3) is 0.273. The molecule has 2 aromatic rings. The normalized spacial score (nSPS) is 10.5. The van der Waals surface area contributed by atoms with Gasteiger partial charge in [0.25, 0.3) is 0 Å². The van der Waals surface area contributed by atoms with Crippen molar-refractivity contribution in [2.24, 2.45) is 0 Å². The van der Waals surface area contributed by atoms with Crippen LogP contribution >= 0.6 is 22.9 Å². The lowest BCUT2D eigenvalue weighted by Gasteiger charge is -2.09. The van der Waals surface area contributed by atoms with Crippen LogP contribution in [0, 0.1) is 13.8 Å². The monoisotopic (exact) mass is 268 g/mol. The summed E-state index contributed by atoms with van der Waals surface area (Å²) in [6.07, 6.45) is 0. The van der Waals surface area contributed by atoms with Gasteiger partial charge in [-0.05, 0) is 42.5 Å². The number of halogens is 1. The van der Waals surface area contributed by atoms with E-state index >= 15 is 0 Å². The number of nitrogens with two attached hydrogens (primary N) is 1. The average molecular weight is 269 g/mol. The Bertz CT molecular complexity index is 538. The lowest BCUT2D eigenvalue weighted by molar-refractivity contribution is 1.07. The Morgan fingerprint density at radius 2 is 2.18 bits per heavy atom. The molecule has 3 N–H and O–H groups in total. The first-order valence-electron chi connectivity index (χ1n) is 5.14. The molecule has 4 nitrogen and oxygen atoms in total. The third-order valence-electron chi connectivity index (χ3n) is 2.49. The lowest BCUT2D eigenvalue weighted by atomic mass is 10.3. The highest BCUT2D eigenvalue weighted by Crippen LogP contribution is 2.23. The summed E-state index contributed by atoms with van der Waals surface area (Å²) in [5.41, 5.74) is 8.38. The topological polar surface area (TPSA) is 63.8 Å². The molecule has 0 aliphatic heterocycles. The second-order valence-corrected chi connectivity index (χ2v) is 5.06. The van der Waals surface area contributed by atoms with Crippen LogP contribution in [0.3, 0.4) is 0 Å². The van der Waals surface area contributed by atoms with Gasteiger partial charge in [-0.3, -0.25) is 0 Å². The highest BCUT2D eigenvalue weighted by molar-refractivity contribution is 7.10. The van der Waals surface area contributed by atoms with Crippen molar-refractivity contribution in [2.45, 2.75) is 20.4 Å². The smallest absolute Gasteiger partial charge is 0.224 e. The van der Waals surface area contributed by atoms with E-state index in [4.69, 9.17) is 17.3 Å². The second kappa shape index (κ2) is 4.89. The molecule has 2 heterocycles. The van der Waals surface area contributed by atoms with Crippen LogP contribution in [0.2, 0.25) is 5.28 Å². The number of aryl methyl sites for hydroxylation is 2. The Morgan fingerprint density at radius 3 is 2.82 bits per heavy atom. The van der Waals surface area contributed by atoms with E-state index in [1.807, 2.05) is 6.92 Å². The number of hydrogen-bond donors (Lipinski definition) is 2. The number of thiophene rings is 1. The molecule has 0 aliphatic carbocycles. The van der Waals surface area contributed by atoms with Gasteiger partial charge in [0.1, 0.15) is 0 Å². The first-order valence-corrected chi connectivity index (χ1v) is 6.40. The van der Waals surface area contributed by atoms with E-state index in [0.29, 0.717) is 23.7 Å². The van der Waals surface area contributed by atoms with Gasteiger partial charge in [-0.2, -0.15) is 4.98 Å². The van der Waals surface area contributed by atoms with E-state index in [0.717, 1.165) is 0 Å². The zero-order valence-electron chi connectivity index (χ0n) is 9.62. The van der Waals surface area contributed by atoms with Crippen LogP contribution in [0.4, 0.5) is 11.5 Å². The van der Waals surface area contributed by atoms with Crippen molar-refractivity contribution >= 4 is 34.4 Å². The maximum atomic E-state index is 5.89. The highest BCUT2D eigenvalue weighted by atomic mass is 35.5. The van der Waals surface area contributed by atoms with Gasteiger partial charge >= 0.3 is 0 Å². The zero-order chi connectivity index (χ0) is 12.4. The molecular weight excluding hydrogens is 256 g/mol. The number of aromatic nitrogens is 2. The van der Waals surface area contributed by atoms with Crippen LogP contribution in [0.1, 0.15) is 16.1 Å². The molecule has 0 amide bonds. The Morgan fingerprint density at radius 1 is 1.41 bits per heavy atom. The largest absolute Gasteiger partial charge is 0.394 e. The molecule has 0 fully saturated rings. The van der Waals surface area contributed by atoms with Crippen molar-refractivity contribution in [1.82, 2.24) is 9.97 Å². The summed E-state index contributed by atoms with van der Waals surface area (Å²) in [6, 6.07) is 2.09. The second-order valence-electron chi connectivity index (χ2n) is 3.72. The van der Waals surface area contributed by atoms with Gasteiger partial charge in [-0.1, -0.05) is 0 Å². The number of nitrogens with one attached hydrogen (secondary N) is 1. The molecule has 90 valence electrons. The third kappa shape index (κ3) is 2.68. The molecule has 0 saturated heterocycles. The molecule has 0 bridgehead atoms. The van der Waals surface area contributed by atoms with E-state index in [2.05, 4.69) is 33.7 Å². The molecule has 17 heavy (non-hydrogen) atoms. The van der Waals surface area contributed by atoms with Gasteiger partial charge < -0.3 is 11.1 Å². The minimum Gasteiger partial charge on any atom is -0.394 e. The summed E-state index contributed by atoms with van der Waals surface area (Å²) < 4.78 is 0. The van der Waals surface area contributed by atoms with Gasteiger partial charge in [0, 0.05) is 4.88 Å². The highest BCUT2D eigenvalue weighted by Gasteiger charge is 2.08. The van der Waals surface area contributed by atoms with Gasteiger partial charge in [-0.15, -0.1) is 11.3 Å². The summed E-state index contributed by atoms with van der Waals surface area (Å²) in [5, 5.41) is 5.46. The Kier molecular flexibility index (Phi) is 3.49. The van der Waals surface area contributed by atoms with Gasteiger partial charge in [-0.25, -0.2) is 4.98 Å². The van der Waals surface area contributed by atoms with Crippen LogP contribution in [0.5, 0.6) is 0 Å². The third-order valence-corrected chi connectivity index (χ3v) is 3.69. The molecule has 0 unspecified atom stereocenters. The number of hydrogen-bond acceptors (Lipinski definition) is 5. The summed E-state index contributed by atoms with van der Waals surface area (Å²) >= 11 is 7.50. The van der Waals surface area contributed by atoms with Gasteiger partial charge in [0.05, 0.1) is 17.9 Å². The van der Waals surface area contributed by atoms with E-state index in [-0.39, 0.29) is 5.28 Å². The fourth-order valence-corrected chi connectivity index (χ4v) is 2.49. The van der Waals surface area contributed by atoms with E-state index in [9.17, 15) is 0 Å². The molecule has 0 spiro atoms. The molecule has 2 aromatic heterocycles. The minimum atomic E-state index is 0.210. The SMILES string of the molecule is Cc1ccsc1CNc1nc(Cl)nc(C)c1N. The van der Waals surface area contributed by atoms with Gasteiger partial charge in [0.2, 0.25) is 5.28 Å². The van der Waals surface area contributed by atoms with E-state index < -0.39 is 0 Å². The molecule has 0 saturated carbocycles. The first-order chi connectivity index (χ1) is 8.08. The van der Waals surface area contributed by atoms with Crippen LogP contribution in [0.25, 0.3) is 0 Å². The maximum Gasteiger partial charge on any atom is 0.224 e. The van der Waals surface area contributed by atoms with E-state index in [1.54, 1.807) is 11.3 Å². The molecule has 0 atom stereocenters. The quantitative estimate of drug-likeness (QED) is 0.840. The van der Waals surface area contributed by atoms with Crippen molar-refractivity contribution in [3.63, 3.8) is 0 Å². The fourth-order valence-electron chi connectivity index (χ4n) is 1.43. The summed E-state index contributed by atoms with van der Waals surface area (Å²) in [4.78, 5) is 9.33. The standard InChI is InChI=1S/C11H13ClN4S/c1-6-3-4-17-8(6)5-14-10-9(13)7(2)15-11(12)16-10/h3-4H,5,13H2,1-2H3,(H,14,15,16). The predicted octanol–water partition coefficient (Wildman–Crippen LogP) is 3.00. The Hall–Kier alpha value is -1.33. The van der Waals surface area contributed by atoms with Crippen molar-refractivity contribution in [3.8, 4) is 0 Å². The first kappa shape index (κ1) is 12.1. The van der Waals surface area contributed by atoms with Gasteiger partial charge in [0.15, 0.2) is 5.82 Å². The Labute approximate surface area is 109 Å². The van der Waals surface area contributed by atoms with Crippen molar-refractivity contribution in [1.29, 1.82) is 0 Å². The van der Waals surface area contributed by atoms with Crippen LogP contribution in [-0.4, -0.2) is 9.97 Å². The van der Waals surface area contributed by atoms with Crippen molar-refractivity contribution in [2.75, 3.05) is 11.1 Å². The number of nitrogens with zero attached hydrogens (tertiary/aromatic N) is 2. The summed E-state index contributed by atoms with van der Waals surface area (Å²) in [6.45, 7) is 4.58. The lowest BCUT2D eigenvalue weighted by Crippen LogP contribution is -2.07. The zero-order valence-corrected chi connectivity index (χ0v) is 11.2. The van der Waals surface area contributed by atoms with Crippen LogP contribution in [0.15, 0.2) is 11.4 Å². The molecular formula is C11H13ClN4S. The molecule has 6 heteroatoms. The number of nitrogen functional groups attached to an aromatic ring is 1. The predicted molar refractivity (Wildman–Crippen MR) is 72.6 cm³/mol. The Balaban J connectivity index is 2.17. The minimum absolute atomic E-state index is 0.210. The maximum absolute atomic E-state index is 5.89. The average Bonchev–Trinajstić information content (AvgIpc) is 2.67. The van der Waals surface area contributed by atoms with Crippen LogP contribution in [-0.2, 0) is 6.54 Å². The summed E-state index contributed by atoms with van der Waals surface area (Å²) in [5.74, 6) is 0.593.